The molecule has 2 N–H and O–H groups in total. The Bertz CT molecular complexity index is 409. The van der Waals surface area contributed by atoms with Crippen LogP contribution >= 0.6 is 15.9 Å². The van der Waals surface area contributed by atoms with E-state index >= 15 is 0 Å². The molecule has 0 radical (unpaired) electrons. The summed E-state index contributed by atoms with van der Waals surface area (Å²) in [5.41, 5.74) is 1.17. The van der Waals surface area contributed by atoms with E-state index in [-0.39, 0.29) is 6.04 Å². The molecular formula is C14H22BrN3O. The number of hydrogen-bond donors (Lipinski definition) is 2. The quantitative estimate of drug-likeness (QED) is 0.623. The Morgan fingerprint density at radius 3 is 2.89 bits per heavy atom. The topological polar surface area (TPSA) is 45.7 Å². The van der Waals surface area contributed by atoms with Gasteiger partial charge in [0.1, 0.15) is 0 Å². The van der Waals surface area contributed by atoms with Crippen molar-refractivity contribution >= 4 is 21.9 Å². The van der Waals surface area contributed by atoms with Crippen LogP contribution in [0.1, 0.15) is 19.4 Å². The summed E-state index contributed by atoms with van der Waals surface area (Å²) in [4.78, 5) is 4.57. The van der Waals surface area contributed by atoms with Crippen LogP contribution in [0.4, 0.5) is 0 Å². The van der Waals surface area contributed by atoms with Crippen molar-refractivity contribution in [3.05, 3.63) is 34.3 Å². The number of halogens is 1. The lowest BCUT2D eigenvalue weighted by molar-refractivity contribution is 0.179. The first-order valence-electron chi connectivity index (χ1n) is 6.44. The second kappa shape index (κ2) is 8.93. The average molecular weight is 328 g/mol. The monoisotopic (exact) mass is 327 g/mol. The summed E-state index contributed by atoms with van der Waals surface area (Å²) in [5, 5.41) is 6.53. The number of benzene rings is 1. The summed E-state index contributed by atoms with van der Waals surface area (Å²) >= 11 is 3.46. The second-order valence-electron chi connectivity index (χ2n) is 4.33. The van der Waals surface area contributed by atoms with E-state index in [0.29, 0.717) is 13.2 Å². The number of hydrogen-bond acceptors (Lipinski definition) is 2. The van der Waals surface area contributed by atoms with Gasteiger partial charge in [-0.15, -0.1) is 0 Å². The van der Waals surface area contributed by atoms with Gasteiger partial charge in [0.2, 0.25) is 0 Å². The third kappa shape index (κ3) is 6.59. The zero-order chi connectivity index (χ0) is 14.1. The molecule has 0 amide bonds. The third-order valence-corrected chi connectivity index (χ3v) is 2.95. The first-order chi connectivity index (χ1) is 9.15. The normalized spacial score (nSPS) is 13.2. The van der Waals surface area contributed by atoms with Crippen LogP contribution in [-0.2, 0) is 11.3 Å². The lowest BCUT2D eigenvalue weighted by Gasteiger charge is -2.17. The second-order valence-corrected chi connectivity index (χ2v) is 5.24. The summed E-state index contributed by atoms with van der Waals surface area (Å²) in [6.07, 6.45) is 0. The molecule has 1 unspecified atom stereocenters. The minimum atomic E-state index is 0.227. The standard InChI is InChI=1S/C14H22BrN3O/c1-4-16-14(18-11(2)10-19-3)17-9-12-6-5-7-13(15)8-12/h5-8,11H,4,9-10H2,1-3H3,(H2,16,17,18). The Morgan fingerprint density at radius 1 is 1.47 bits per heavy atom. The Morgan fingerprint density at radius 2 is 2.26 bits per heavy atom. The molecule has 0 aliphatic carbocycles. The van der Waals surface area contributed by atoms with E-state index in [1.807, 2.05) is 12.1 Å². The van der Waals surface area contributed by atoms with Crippen molar-refractivity contribution in [1.82, 2.24) is 10.6 Å². The molecule has 1 rings (SSSR count). The van der Waals surface area contributed by atoms with Crippen LogP contribution in [0.5, 0.6) is 0 Å². The number of aliphatic imine (C=N–C) groups is 1. The van der Waals surface area contributed by atoms with E-state index in [1.54, 1.807) is 7.11 Å². The van der Waals surface area contributed by atoms with Gasteiger partial charge < -0.3 is 15.4 Å². The first kappa shape index (κ1) is 16.0. The molecule has 0 saturated carbocycles. The molecule has 1 aromatic rings. The van der Waals surface area contributed by atoms with Crippen molar-refractivity contribution in [3.8, 4) is 0 Å². The van der Waals surface area contributed by atoms with E-state index in [4.69, 9.17) is 4.74 Å². The third-order valence-electron chi connectivity index (χ3n) is 2.45. The van der Waals surface area contributed by atoms with E-state index in [9.17, 15) is 0 Å². The SMILES string of the molecule is CCNC(=NCc1cccc(Br)c1)NC(C)COC. The predicted octanol–water partition coefficient (Wildman–Crippen LogP) is 2.54. The van der Waals surface area contributed by atoms with Crippen molar-refractivity contribution in [2.45, 2.75) is 26.4 Å². The van der Waals surface area contributed by atoms with E-state index < -0.39 is 0 Å². The fraction of sp³-hybridized carbons (Fsp3) is 0.500. The van der Waals surface area contributed by atoms with E-state index in [2.05, 4.69) is 57.5 Å². The first-order valence-corrected chi connectivity index (χ1v) is 7.23. The number of ether oxygens (including phenoxy) is 1. The highest BCUT2D eigenvalue weighted by Crippen LogP contribution is 2.12. The molecule has 0 bridgehead atoms. The molecule has 5 heteroatoms. The maximum atomic E-state index is 5.11. The van der Waals surface area contributed by atoms with Gasteiger partial charge in [0, 0.05) is 24.2 Å². The Labute approximate surface area is 123 Å². The van der Waals surface area contributed by atoms with Crippen molar-refractivity contribution in [1.29, 1.82) is 0 Å². The zero-order valence-corrected chi connectivity index (χ0v) is 13.3. The lowest BCUT2D eigenvalue weighted by atomic mass is 10.2. The van der Waals surface area contributed by atoms with Gasteiger partial charge in [0.05, 0.1) is 13.2 Å². The molecule has 0 aliphatic heterocycles. The van der Waals surface area contributed by atoms with Crippen molar-refractivity contribution in [2.24, 2.45) is 4.99 Å². The summed E-state index contributed by atoms with van der Waals surface area (Å²) in [7, 11) is 1.70. The van der Waals surface area contributed by atoms with E-state index in [1.165, 1.54) is 5.56 Å². The van der Waals surface area contributed by atoms with Crippen molar-refractivity contribution in [2.75, 3.05) is 20.3 Å². The smallest absolute Gasteiger partial charge is 0.191 e. The fourth-order valence-electron chi connectivity index (χ4n) is 1.65. The maximum Gasteiger partial charge on any atom is 0.191 e. The summed E-state index contributed by atoms with van der Waals surface area (Å²) < 4.78 is 6.18. The minimum Gasteiger partial charge on any atom is -0.383 e. The van der Waals surface area contributed by atoms with Gasteiger partial charge in [-0.25, -0.2) is 4.99 Å². The van der Waals surface area contributed by atoms with E-state index in [0.717, 1.165) is 17.0 Å². The number of nitrogens with zero attached hydrogens (tertiary/aromatic N) is 1. The zero-order valence-electron chi connectivity index (χ0n) is 11.7. The molecule has 0 aliphatic rings. The highest BCUT2D eigenvalue weighted by Gasteiger charge is 2.04. The molecule has 19 heavy (non-hydrogen) atoms. The number of methoxy groups -OCH3 is 1. The minimum absolute atomic E-state index is 0.227. The van der Waals surface area contributed by atoms with Gasteiger partial charge in [0.15, 0.2) is 5.96 Å². The van der Waals surface area contributed by atoms with Crippen molar-refractivity contribution in [3.63, 3.8) is 0 Å². The molecule has 0 saturated heterocycles. The van der Waals surface area contributed by atoms with Crippen LogP contribution in [0.25, 0.3) is 0 Å². The summed E-state index contributed by atoms with van der Waals surface area (Å²) in [6.45, 7) is 6.26. The molecule has 1 atom stereocenters. The number of rotatable bonds is 6. The largest absolute Gasteiger partial charge is 0.383 e. The molecule has 0 heterocycles. The van der Waals surface area contributed by atoms with Crippen LogP contribution in [0, 0.1) is 0 Å². The van der Waals surface area contributed by atoms with Crippen molar-refractivity contribution < 1.29 is 4.74 Å². The van der Waals surface area contributed by atoms with Gasteiger partial charge in [-0.2, -0.15) is 0 Å². The predicted molar refractivity (Wildman–Crippen MR) is 83.4 cm³/mol. The van der Waals surface area contributed by atoms with Crippen LogP contribution < -0.4 is 10.6 Å². The molecular weight excluding hydrogens is 306 g/mol. The van der Waals surface area contributed by atoms with Gasteiger partial charge in [-0.05, 0) is 31.5 Å². The van der Waals surface area contributed by atoms with Crippen LogP contribution in [-0.4, -0.2) is 32.3 Å². The molecule has 1 aromatic carbocycles. The molecule has 0 fully saturated rings. The van der Waals surface area contributed by atoms with Crippen LogP contribution in [0.15, 0.2) is 33.7 Å². The maximum absolute atomic E-state index is 5.11. The molecule has 0 spiro atoms. The summed E-state index contributed by atoms with van der Waals surface area (Å²) in [5.74, 6) is 0.812. The average Bonchev–Trinajstić information content (AvgIpc) is 2.36. The van der Waals surface area contributed by atoms with Gasteiger partial charge >= 0.3 is 0 Å². The van der Waals surface area contributed by atoms with Crippen LogP contribution in [0.2, 0.25) is 0 Å². The summed E-state index contributed by atoms with van der Waals surface area (Å²) in [6, 6.07) is 8.40. The van der Waals surface area contributed by atoms with Gasteiger partial charge in [-0.3, -0.25) is 0 Å². The fourth-order valence-corrected chi connectivity index (χ4v) is 2.10. The Hall–Kier alpha value is -1.07. The van der Waals surface area contributed by atoms with Crippen LogP contribution in [0.3, 0.4) is 0 Å². The number of nitrogens with one attached hydrogen (secondary N) is 2. The Kier molecular flexibility index (Phi) is 7.52. The molecule has 0 aromatic heterocycles. The Balaban J connectivity index is 2.62. The number of guanidine groups is 1. The molecule has 4 nitrogen and oxygen atoms in total. The van der Waals surface area contributed by atoms with Gasteiger partial charge in [0.25, 0.3) is 0 Å². The molecule has 106 valence electrons. The highest BCUT2D eigenvalue weighted by atomic mass is 79.9. The lowest BCUT2D eigenvalue weighted by Crippen LogP contribution is -2.43. The van der Waals surface area contributed by atoms with Gasteiger partial charge in [-0.1, -0.05) is 28.1 Å². The highest BCUT2D eigenvalue weighted by molar-refractivity contribution is 9.10.